The highest BCUT2D eigenvalue weighted by Gasteiger charge is 2.17. The number of fused-ring (bicyclic) bond motifs is 1. The lowest BCUT2D eigenvalue weighted by Gasteiger charge is -2.15. The van der Waals surface area contributed by atoms with E-state index in [1.807, 2.05) is 6.07 Å². The highest BCUT2D eigenvalue weighted by molar-refractivity contribution is 6.31. The molecule has 2 N–H and O–H groups in total. The van der Waals surface area contributed by atoms with Crippen molar-refractivity contribution in [2.75, 3.05) is 0 Å². The van der Waals surface area contributed by atoms with Crippen molar-refractivity contribution in [2.45, 2.75) is 25.3 Å². The van der Waals surface area contributed by atoms with E-state index in [0.29, 0.717) is 5.56 Å². The average Bonchev–Trinajstić information content (AvgIpc) is 2.88. The van der Waals surface area contributed by atoms with Crippen molar-refractivity contribution < 1.29 is 4.39 Å². The number of halogens is 2. The van der Waals surface area contributed by atoms with E-state index >= 15 is 0 Å². The summed E-state index contributed by atoms with van der Waals surface area (Å²) in [5.41, 5.74) is 10.6. The normalized spacial score (nSPS) is 15.3. The van der Waals surface area contributed by atoms with Gasteiger partial charge in [-0.3, -0.25) is 0 Å². The van der Waals surface area contributed by atoms with Crippen molar-refractivity contribution in [3.63, 3.8) is 0 Å². The minimum atomic E-state index is -0.421. The van der Waals surface area contributed by atoms with Gasteiger partial charge in [-0.1, -0.05) is 41.9 Å². The molecule has 1 nitrogen and oxygen atoms in total. The third-order valence-corrected chi connectivity index (χ3v) is 4.20. The molecule has 3 heteroatoms. The summed E-state index contributed by atoms with van der Waals surface area (Å²) in [5.74, 6) is -0.421. The fourth-order valence-corrected chi connectivity index (χ4v) is 2.97. The minimum Gasteiger partial charge on any atom is -0.320 e. The number of aryl methyl sites for hydroxylation is 2. The van der Waals surface area contributed by atoms with Crippen LogP contribution in [0.3, 0.4) is 0 Å². The van der Waals surface area contributed by atoms with E-state index in [-0.39, 0.29) is 11.1 Å². The standard InChI is InChI=1S/C16H15ClFN/c17-15-13(5-2-6-14(15)18)16(19)12-8-7-10-3-1-4-11(10)9-12/h2,5-9,16H,1,3-4,19H2. The van der Waals surface area contributed by atoms with Gasteiger partial charge in [-0.2, -0.15) is 0 Å². The fraction of sp³-hybridized carbons (Fsp3) is 0.250. The van der Waals surface area contributed by atoms with Crippen LogP contribution in [0.5, 0.6) is 0 Å². The number of nitrogens with two attached hydrogens (primary N) is 1. The van der Waals surface area contributed by atoms with Gasteiger partial charge in [0.05, 0.1) is 11.1 Å². The lowest BCUT2D eigenvalue weighted by Crippen LogP contribution is -2.13. The number of hydrogen-bond donors (Lipinski definition) is 1. The molecule has 3 rings (SSSR count). The van der Waals surface area contributed by atoms with Gasteiger partial charge in [0.15, 0.2) is 0 Å². The fourth-order valence-electron chi connectivity index (χ4n) is 2.73. The topological polar surface area (TPSA) is 26.0 Å². The molecule has 0 radical (unpaired) electrons. The molecule has 0 amide bonds. The third kappa shape index (κ3) is 2.26. The van der Waals surface area contributed by atoms with Crippen molar-refractivity contribution >= 4 is 11.6 Å². The Kier molecular flexibility index (Phi) is 3.29. The van der Waals surface area contributed by atoms with Crippen LogP contribution in [0.25, 0.3) is 0 Å². The van der Waals surface area contributed by atoms with Gasteiger partial charge < -0.3 is 5.73 Å². The summed E-state index contributed by atoms with van der Waals surface area (Å²) < 4.78 is 13.5. The molecule has 0 aromatic heterocycles. The Morgan fingerprint density at radius 2 is 1.89 bits per heavy atom. The van der Waals surface area contributed by atoms with E-state index in [4.69, 9.17) is 17.3 Å². The second-order valence-corrected chi connectivity index (χ2v) is 5.38. The van der Waals surface area contributed by atoms with Gasteiger partial charge in [-0.15, -0.1) is 0 Å². The maximum atomic E-state index is 13.5. The Hall–Kier alpha value is -1.38. The third-order valence-electron chi connectivity index (χ3n) is 3.80. The van der Waals surface area contributed by atoms with E-state index in [0.717, 1.165) is 18.4 Å². The van der Waals surface area contributed by atoms with Crippen LogP contribution in [-0.2, 0) is 12.8 Å². The van der Waals surface area contributed by atoms with E-state index in [9.17, 15) is 4.39 Å². The monoisotopic (exact) mass is 275 g/mol. The van der Waals surface area contributed by atoms with Crippen LogP contribution < -0.4 is 5.73 Å². The minimum absolute atomic E-state index is 0.121. The van der Waals surface area contributed by atoms with Gasteiger partial charge in [-0.25, -0.2) is 4.39 Å². The summed E-state index contributed by atoms with van der Waals surface area (Å²) in [5, 5.41) is 0.121. The Balaban J connectivity index is 2.00. The molecule has 1 aliphatic rings. The van der Waals surface area contributed by atoms with Crippen molar-refractivity contribution in [1.29, 1.82) is 0 Å². The second-order valence-electron chi connectivity index (χ2n) is 5.00. The summed E-state index contributed by atoms with van der Waals surface area (Å²) >= 11 is 6.00. The zero-order valence-corrected chi connectivity index (χ0v) is 11.3. The van der Waals surface area contributed by atoms with Crippen LogP contribution in [0.1, 0.15) is 34.7 Å². The molecule has 98 valence electrons. The van der Waals surface area contributed by atoms with Crippen LogP contribution in [-0.4, -0.2) is 0 Å². The highest BCUT2D eigenvalue weighted by Crippen LogP contribution is 2.31. The maximum absolute atomic E-state index is 13.5. The van der Waals surface area contributed by atoms with Gasteiger partial charge in [0, 0.05) is 0 Å². The first-order valence-corrected chi connectivity index (χ1v) is 6.86. The lowest BCUT2D eigenvalue weighted by atomic mass is 9.96. The largest absolute Gasteiger partial charge is 0.320 e. The van der Waals surface area contributed by atoms with E-state index in [1.165, 1.54) is 23.6 Å². The quantitative estimate of drug-likeness (QED) is 0.880. The summed E-state index contributed by atoms with van der Waals surface area (Å²) in [6, 6.07) is 10.7. The number of hydrogen-bond acceptors (Lipinski definition) is 1. The SMILES string of the molecule is NC(c1ccc2c(c1)CCC2)c1cccc(F)c1Cl. The molecular weight excluding hydrogens is 261 g/mol. The Morgan fingerprint density at radius 1 is 1.11 bits per heavy atom. The number of benzene rings is 2. The van der Waals surface area contributed by atoms with Crippen LogP contribution in [0.2, 0.25) is 5.02 Å². The zero-order chi connectivity index (χ0) is 13.4. The summed E-state index contributed by atoms with van der Waals surface area (Å²) in [7, 11) is 0. The maximum Gasteiger partial charge on any atom is 0.142 e. The predicted molar refractivity (Wildman–Crippen MR) is 75.9 cm³/mol. The molecule has 0 bridgehead atoms. The summed E-state index contributed by atoms with van der Waals surface area (Å²) in [6.45, 7) is 0. The first-order chi connectivity index (χ1) is 9.16. The van der Waals surface area contributed by atoms with Gasteiger partial charge >= 0.3 is 0 Å². The Labute approximate surface area is 117 Å². The van der Waals surface area contributed by atoms with Gasteiger partial charge in [-0.05, 0) is 47.6 Å². The Morgan fingerprint density at radius 3 is 2.74 bits per heavy atom. The molecule has 19 heavy (non-hydrogen) atoms. The molecule has 0 saturated heterocycles. The highest BCUT2D eigenvalue weighted by atomic mass is 35.5. The first kappa shape index (κ1) is 12.6. The molecule has 0 aliphatic heterocycles. The summed E-state index contributed by atoms with van der Waals surface area (Å²) in [4.78, 5) is 0. The van der Waals surface area contributed by atoms with Crippen molar-refractivity contribution in [1.82, 2.24) is 0 Å². The van der Waals surface area contributed by atoms with Crippen LogP contribution in [0, 0.1) is 5.82 Å². The Bertz CT molecular complexity index is 624. The molecule has 0 spiro atoms. The van der Waals surface area contributed by atoms with E-state index in [2.05, 4.69) is 12.1 Å². The first-order valence-electron chi connectivity index (χ1n) is 6.48. The van der Waals surface area contributed by atoms with Crippen molar-refractivity contribution in [3.05, 3.63) is 69.5 Å². The second kappa shape index (κ2) is 4.95. The smallest absolute Gasteiger partial charge is 0.142 e. The zero-order valence-electron chi connectivity index (χ0n) is 10.5. The van der Waals surface area contributed by atoms with Crippen LogP contribution in [0.4, 0.5) is 4.39 Å². The molecule has 0 saturated carbocycles. The molecule has 2 aromatic carbocycles. The molecule has 1 atom stereocenters. The molecule has 0 heterocycles. The van der Waals surface area contributed by atoms with Crippen molar-refractivity contribution in [3.8, 4) is 0 Å². The molecule has 0 fully saturated rings. The molecule has 1 aliphatic carbocycles. The van der Waals surface area contributed by atoms with Gasteiger partial charge in [0.2, 0.25) is 0 Å². The molecule has 2 aromatic rings. The lowest BCUT2D eigenvalue weighted by molar-refractivity contribution is 0.624. The van der Waals surface area contributed by atoms with Gasteiger partial charge in [0.25, 0.3) is 0 Å². The van der Waals surface area contributed by atoms with Crippen LogP contribution >= 0.6 is 11.6 Å². The van der Waals surface area contributed by atoms with Crippen molar-refractivity contribution in [2.24, 2.45) is 5.73 Å². The van der Waals surface area contributed by atoms with E-state index < -0.39 is 5.82 Å². The predicted octanol–water partition coefficient (Wildman–Crippen LogP) is 4.02. The number of rotatable bonds is 2. The van der Waals surface area contributed by atoms with E-state index in [1.54, 1.807) is 12.1 Å². The van der Waals surface area contributed by atoms with Gasteiger partial charge in [0.1, 0.15) is 5.82 Å². The van der Waals surface area contributed by atoms with Crippen LogP contribution in [0.15, 0.2) is 36.4 Å². The summed E-state index contributed by atoms with van der Waals surface area (Å²) in [6.07, 6.45) is 3.45. The average molecular weight is 276 g/mol. The molecule has 1 unspecified atom stereocenters. The molecular formula is C16H15ClFN.